The number of alkyl halides is 3. The standard InChI is InChI=1S/C15H21BrF3NO/c1-2-7-20-10-13(6-8-21-11-15(17,18)19)12-4-3-5-14(16)9-12/h3-5,9,13,20H,2,6-8,10-11H2,1H3. The Morgan fingerprint density at radius 3 is 2.71 bits per heavy atom. The van der Waals surface area contributed by atoms with Crippen molar-refractivity contribution in [1.82, 2.24) is 5.32 Å². The highest BCUT2D eigenvalue weighted by molar-refractivity contribution is 9.10. The molecule has 0 aliphatic rings. The van der Waals surface area contributed by atoms with Gasteiger partial charge < -0.3 is 10.1 Å². The first kappa shape index (κ1) is 18.5. The molecule has 2 nitrogen and oxygen atoms in total. The molecule has 1 rings (SSSR count). The molecule has 0 amide bonds. The van der Waals surface area contributed by atoms with E-state index in [9.17, 15) is 13.2 Å². The van der Waals surface area contributed by atoms with Crippen LogP contribution in [0, 0.1) is 0 Å². The first-order valence-electron chi connectivity index (χ1n) is 7.03. The van der Waals surface area contributed by atoms with Gasteiger partial charge in [-0.1, -0.05) is 35.0 Å². The molecule has 0 heterocycles. The van der Waals surface area contributed by atoms with Crippen molar-refractivity contribution in [2.24, 2.45) is 0 Å². The van der Waals surface area contributed by atoms with Gasteiger partial charge in [-0.2, -0.15) is 13.2 Å². The third-order valence-corrected chi connectivity index (χ3v) is 3.51. The van der Waals surface area contributed by atoms with E-state index in [1.165, 1.54) is 0 Å². The van der Waals surface area contributed by atoms with E-state index in [1.807, 2.05) is 24.3 Å². The quantitative estimate of drug-likeness (QED) is 0.648. The van der Waals surface area contributed by atoms with E-state index in [0.29, 0.717) is 6.42 Å². The smallest absolute Gasteiger partial charge is 0.372 e. The Hall–Kier alpha value is -0.590. The normalized spacial score (nSPS) is 13.4. The fourth-order valence-corrected chi connectivity index (χ4v) is 2.43. The second kappa shape index (κ2) is 9.43. The van der Waals surface area contributed by atoms with Crippen LogP contribution in [0.15, 0.2) is 28.7 Å². The van der Waals surface area contributed by atoms with Gasteiger partial charge in [-0.25, -0.2) is 0 Å². The lowest BCUT2D eigenvalue weighted by atomic mass is 9.96. The minimum Gasteiger partial charge on any atom is -0.372 e. The maximum Gasteiger partial charge on any atom is 0.411 e. The zero-order chi connectivity index (χ0) is 15.7. The van der Waals surface area contributed by atoms with Gasteiger partial charge in [0.2, 0.25) is 0 Å². The third kappa shape index (κ3) is 8.44. The highest BCUT2D eigenvalue weighted by Gasteiger charge is 2.27. The number of hydrogen-bond acceptors (Lipinski definition) is 2. The molecular weight excluding hydrogens is 347 g/mol. The molecular formula is C15H21BrF3NO. The Bertz CT molecular complexity index is 412. The van der Waals surface area contributed by atoms with Crippen molar-refractivity contribution < 1.29 is 17.9 Å². The van der Waals surface area contributed by atoms with Gasteiger partial charge in [0.05, 0.1) is 0 Å². The second-order valence-electron chi connectivity index (χ2n) is 4.91. The molecule has 1 unspecified atom stereocenters. The lowest BCUT2D eigenvalue weighted by Gasteiger charge is -2.19. The van der Waals surface area contributed by atoms with Crippen LogP contribution in [0.4, 0.5) is 13.2 Å². The summed E-state index contributed by atoms with van der Waals surface area (Å²) in [7, 11) is 0. The molecule has 6 heteroatoms. The molecule has 120 valence electrons. The van der Waals surface area contributed by atoms with Crippen LogP contribution in [0.2, 0.25) is 0 Å². The summed E-state index contributed by atoms with van der Waals surface area (Å²) in [6.45, 7) is 2.63. The monoisotopic (exact) mass is 367 g/mol. The molecule has 0 radical (unpaired) electrons. The van der Waals surface area contributed by atoms with Crippen molar-refractivity contribution in [3.63, 3.8) is 0 Å². The van der Waals surface area contributed by atoms with Crippen molar-refractivity contribution in [2.75, 3.05) is 26.3 Å². The van der Waals surface area contributed by atoms with Gasteiger partial charge in [0.15, 0.2) is 0 Å². The Morgan fingerprint density at radius 2 is 2.10 bits per heavy atom. The fraction of sp³-hybridized carbons (Fsp3) is 0.600. The van der Waals surface area contributed by atoms with Crippen molar-refractivity contribution in [2.45, 2.75) is 31.9 Å². The van der Waals surface area contributed by atoms with Crippen LogP contribution in [0.1, 0.15) is 31.2 Å². The second-order valence-corrected chi connectivity index (χ2v) is 5.83. The minimum absolute atomic E-state index is 0.102. The lowest BCUT2D eigenvalue weighted by Crippen LogP contribution is -2.24. The van der Waals surface area contributed by atoms with E-state index in [2.05, 4.69) is 28.2 Å². The Kier molecular flexibility index (Phi) is 8.29. The summed E-state index contributed by atoms with van der Waals surface area (Å²) in [6.07, 6.45) is -2.68. The summed E-state index contributed by atoms with van der Waals surface area (Å²) in [4.78, 5) is 0. The number of nitrogens with one attached hydrogen (secondary N) is 1. The molecule has 1 aromatic carbocycles. The molecule has 1 aromatic rings. The van der Waals surface area contributed by atoms with Gasteiger partial charge in [-0.05, 0) is 43.0 Å². The van der Waals surface area contributed by atoms with Crippen LogP contribution in [0.25, 0.3) is 0 Å². The van der Waals surface area contributed by atoms with Gasteiger partial charge >= 0.3 is 6.18 Å². The molecule has 0 aliphatic carbocycles. The molecule has 21 heavy (non-hydrogen) atoms. The molecule has 0 fully saturated rings. The average Bonchev–Trinajstić information content (AvgIpc) is 2.40. The molecule has 1 atom stereocenters. The number of hydrogen-bond donors (Lipinski definition) is 1. The number of rotatable bonds is 9. The van der Waals surface area contributed by atoms with Crippen LogP contribution < -0.4 is 5.32 Å². The fourth-order valence-electron chi connectivity index (χ4n) is 2.01. The van der Waals surface area contributed by atoms with Crippen molar-refractivity contribution in [1.29, 1.82) is 0 Å². The SMILES string of the molecule is CCCNCC(CCOCC(F)(F)F)c1cccc(Br)c1. The topological polar surface area (TPSA) is 21.3 Å². The van der Waals surface area contributed by atoms with E-state index in [4.69, 9.17) is 4.74 Å². The molecule has 0 aromatic heterocycles. The average molecular weight is 368 g/mol. The summed E-state index contributed by atoms with van der Waals surface area (Å²) in [5.74, 6) is 0.141. The zero-order valence-corrected chi connectivity index (χ0v) is 13.6. The first-order valence-corrected chi connectivity index (χ1v) is 7.82. The van der Waals surface area contributed by atoms with Gasteiger partial charge in [-0.3, -0.25) is 0 Å². The minimum atomic E-state index is -4.26. The van der Waals surface area contributed by atoms with Gasteiger partial charge in [-0.15, -0.1) is 0 Å². The summed E-state index contributed by atoms with van der Waals surface area (Å²) < 4.78 is 41.9. The Morgan fingerprint density at radius 1 is 1.33 bits per heavy atom. The number of ether oxygens (including phenoxy) is 1. The Labute approximate surface area is 132 Å². The zero-order valence-electron chi connectivity index (χ0n) is 12.0. The molecule has 0 bridgehead atoms. The lowest BCUT2D eigenvalue weighted by molar-refractivity contribution is -0.174. The maximum absolute atomic E-state index is 12.1. The van der Waals surface area contributed by atoms with Crippen LogP contribution in [-0.2, 0) is 4.74 Å². The largest absolute Gasteiger partial charge is 0.411 e. The van der Waals surface area contributed by atoms with Crippen molar-refractivity contribution in [3.8, 4) is 0 Å². The van der Waals surface area contributed by atoms with Crippen LogP contribution in [-0.4, -0.2) is 32.5 Å². The van der Waals surface area contributed by atoms with Gasteiger partial charge in [0.25, 0.3) is 0 Å². The van der Waals surface area contributed by atoms with Crippen LogP contribution in [0.5, 0.6) is 0 Å². The predicted octanol–water partition coefficient (Wildman–Crippen LogP) is 4.50. The first-order chi connectivity index (χ1) is 9.92. The Balaban J connectivity index is 2.52. The summed E-state index contributed by atoms with van der Waals surface area (Å²) >= 11 is 3.42. The van der Waals surface area contributed by atoms with E-state index in [1.54, 1.807) is 0 Å². The van der Waals surface area contributed by atoms with E-state index in [0.717, 1.165) is 29.5 Å². The molecule has 0 saturated heterocycles. The summed E-state index contributed by atoms with van der Waals surface area (Å²) in [5.41, 5.74) is 1.10. The number of halogens is 4. The van der Waals surface area contributed by atoms with E-state index >= 15 is 0 Å². The van der Waals surface area contributed by atoms with Crippen molar-refractivity contribution in [3.05, 3.63) is 34.3 Å². The third-order valence-electron chi connectivity index (χ3n) is 3.01. The van der Waals surface area contributed by atoms with E-state index in [-0.39, 0.29) is 12.5 Å². The highest BCUT2D eigenvalue weighted by atomic mass is 79.9. The van der Waals surface area contributed by atoms with Crippen molar-refractivity contribution >= 4 is 15.9 Å². The highest BCUT2D eigenvalue weighted by Crippen LogP contribution is 2.23. The molecule has 1 N–H and O–H groups in total. The van der Waals surface area contributed by atoms with E-state index < -0.39 is 12.8 Å². The van der Waals surface area contributed by atoms with Crippen LogP contribution in [0.3, 0.4) is 0 Å². The summed E-state index contributed by atoms with van der Waals surface area (Å²) in [6, 6.07) is 7.86. The van der Waals surface area contributed by atoms with Gasteiger partial charge in [0.1, 0.15) is 6.61 Å². The van der Waals surface area contributed by atoms with Gasteiger partial charge in [0, 0.05) is 17.6 Å². The molecule has 0 aliphatic heterocycles. The molecule has 0 saturated carbocycles. The predicted molar refractivity (Wildman–Crippen MR) is 81.5 cm³/mol. The van der Waals surface area contributed by atoms with Crippen LogP contribution >= 0.6 is 15.9 Å². The maximum atomic E-state index is 12.1. The molecule has 0 spiro atoms. The number of benzene rings is 1. The summed E-state index contributed by atoms with van der Waals surface area (Å²) in [5, 5.41) is 3.32.